The number of rotatable bonds is 4. The Bertz CT molecular complexity index is 1130. The summed E-state index contributed by atoms with van der Waals surface area (Å²) in [5.41, 5.74) is 4.14. The minimum Gasteiger partial charge on any atom is -0.325 e. The summed E-state index contributed by atoms with van der Waals surface area (Å²) in [7, 11) is 0. The van der Waals surface area contributed by atoms with Crippen LogP contribution in [0.25, 0.3) is 22.3 Å². The number of carbonyl (C=O) groups excluding carboxylic acids is 1. The van der Waals surface area contributed by atoms with Crippen molar-refractivity contribution in [3.05, 3.63) is 54.7 Å². The van der Waals surface area contributed by atoms with Crippen LogP contribution in [0.4, 0.5) is 5.69 Å². The summed E-state index contributed by atoms with van der Waals surface area (Å²) in [5, 5.41) is 12.2. The maximum absolute atomic E-state index is 12.6. The fraction of sp³-hybridized carbons (Fsp3) is 0.158. The first-order valence-corrected chi connectivity index (χ1v) is 9.64. The van der Waals surface area contributed by atoms with Crippen LogP contribution in [0.2, 0.25) is 0 Å². The predicted molar refractivity (Wildman–Crippen MR) is 105 cm³/mol. The third-order valence-electron chi connectivity index (χ3n) is 4.49. The molecule has 0 atom stereocenters. The van der Waals surface area contributed by atoms with E-state index in [-0.39, 0.29) is 12.5 Å². The summed E-state index contributed by atoms with van der Waals surface area (Å²) in [6.45, 7) is 1.07. The summed E-state index contributed by atoms with van der Waals surface area (Å²) in [6.07, 6.45) is 2.05. The highest BCUT2D eigenvalue weighted by molar-refractivity contribution is 7.99. The largest absolute Gasteiger partial charge is 0.325 e. The molecule has 8 heteroatoms. The molecule has 0 aliphatic carbocycles. The number of nitrogens with one attached hydrogen (secondary N) is 1. The number of benzene rings is 2. The molecule has 0 spiro atoms. The third-order valence-corrected chi connectivity index (χ3v) is 5.46. The van der Waals surface area contributed by atoms with Crippen molar-refractivity contribution in [1.29, 1.82) is 0 Å². The van der Waals surface area contributed by atoms with Gasteiger partial charge in [-0.2, -0.15) is 0 Å². The Morgan fingerprint density at radius 3 is 2.93 bits per heavy atom. The Morgan fingerprint density at radius 2 is 2.00 bits per heavy atom. The highest BCUT2D eigenvalue weighted by Gasteiger charge is 2.18. The monoisotopic (exact) mass is 376 g/mol. The zero-order valence-corrected chi connectivity index (χ0v) is 15.2. The van der Waals surface area contributed by atoms with E-state index >= 15 is 0 Å². The number of anilines is 1. The number of hydrogen-bond acceptors (Lipinski definition) is 5. The number of hydrogen-bond donors (Lipinski definition) is 1. The Morgan fingerprint density at radius 1 is 1.15 bits per heavy atom. The summed E-state index contributed by atoms with van der Waals surface area (Å²) in [5.74, 6) is 0.909. The Labute approximate surface area is 159 Å². The van der Waals surface area contributed by atoms with E-state index < -0.39 is 0 Å². The van der Waals surface area contributed by atoms with Crippen LogP contribution >= 0.6 is 11.8 Å². The Hall–Kier alpha value is -3.13. The van der Waals surface area contributed by atoms with Crippen molar-refractivity contribution in [2.75, 3.05) is 11.1 Å². The fourth-order valence-electron chi connectivity index (χ4n) is 3.21. The molecule has 27 heavy (non-hydrogen) atoms. The highest BCUT2D eigenvalue weighted by atomic mass is 32.2. The van der Waals surface area contributed by atoms with Gasteiger partial charge in [0.05, 0.1) is 16.9 Å². The van der Waals surface area contributed by atoms with Gasteiger partial charge in [-0.15, -0.1) is 5.10 Å². The molecule has 0 fully saturated rings. The number of aryl methyl sites for hydroxylation is 1. The Balaban J connectivity index is 1.40. The number of amides is 1. The molecule has 1 amide bonds. The van der Waals surface area contributed by atoms with E-state index in [4.69, 9.17) is 4.98 Å². The van der Waals surface area contributed by atoms with Crippen LogP contribution < -0.4 is 5.32 Å². The second kappa shape index (κ2) is 6.55. The number of aromatic nitrogens is 5. The lowest BCUT2D eigenvalue weighted by molar-refractivity contribution is -0.116. The van der Waals surface area contributed by atoms with Crippen LogP contribution in [0.5, 0.6) is 0 Å². The van der Waals surface area contributed by atoms with E-state index in [1.807, 2.05) is 54.7 Å². The molecular weight excluding hydrogens is 360 g/mol. The maximum atomic E-state index is 12.6. The second-order valence-corrected chi connectivity index (χ2v) is 7.34. The van der Waals surface area contributed by atoms with Crippen LogP contribution in [0.3, 0.4) is 0 Å². The molecule has 4 aromatic rings. The summed E-state index contributed by atoms with van der Waals surface area (Å²) >= 11 is 1.75. The van der Waals surface area contributed by atoms with Crippen molar-refractivity contribution in [3.8, 4) is 11.3 Å². The normalized spacial score (nSPS) is 13.0. The minimum atomic E-state index is -0.153. The molecule has 1 N–H and O–H groups in total. The van der Waals surface area contributed by atoms with Crippen molar-refractivity contribution in [1.82, 2.24) is 24.5 Å². The van der Waals surface area contributed by atoms with E-state index in [0.717, 1.165) is 45.4 Å². The Kier molecular flexibility index (Phi) is 3.90. The van der Waals surface area contributed by atoms with Gasteiger partial charge in [0.2, 0.25) is 5.91 Å². The molecule has 0 unspecified atom stereocenters. The standard InChI is InChI=1S/C19H16N6OS/c26-18(12-25-17-8-4-3-7-15(17)22-23-25)20-14-6-2-1-5-13(14)16-11-24-9-10-27-19(24)21-16/h1-8,11H,9-10,12H2,(H,20,26). The summed E-state index contributed by atoms with van der Waals surface area (Å²) in [4.78, 5) is 17.3. The first-order chi connectivity index (χ1) is 13.3. The van der Waals surface area contributed by atoms with Crippen molar-refractivity contribution >= 4 is 34.4 Å². The van der Waals surface area contributed by atoms with Gasteiger partial charge in [-0.05, 0) is 18.2 Å². The van der Waals surface area contributed by atoms with Gasteiger partial charge in [0.15, 0.2) is 5.16 Å². The first-order valence-electron chi connectivity index (χ1n) is 8.65. The zero-order chi connectivity index (χ0) is 18.2. The average molecular weight is 376 g/mol. The lowest BCUT2D eigenvalue weighted by atomic mass is 10.1. The van der Waals surface area contributed by atoms with Crippen LogP contribution in [-0.2, 0) is 17.9 Å². The molecule has 0 bridgehead atoms. The molecule has 2 aromatic heterocycles. The van der Waals surface area contributed by atoms with E-state index in [0.29, 0.717) is 0 Å². The van der Waals surface area contributed by atoms with Gasteiger partial charge in [0.25, 0.3) is 0 Å². The van der Waals surface area contributed by atoms with Gasteiger partial charge >= 0.3 is 0 Å². The molecule has 2 aromatic carbocycles. The van der Waals surface area contributed by atoms with Crippen LogP contribution in [0, 0.1) is 0 Å². The topological polar surface area (TPSA) is 77.6 Å². The summed E-state index contributed by atoms with van der Waals surface area (Å²) < 4.78 is 3.76. The maximum Gasteiger partial charge on any atom is 0.246 e. The van der Waals surface area contributed by atoms with Crippen molar-refractivity contribution < 1.29 is 4.79 Å². The second-order valence-electron chi connectivity index (χ2n) is 6.28. The highest BCUT2D eigenvalue weighted by Crippen LogP contribution is 2.32. The number of carbonyl (C=O) groups is 1. The van der Waals surface area contributed by atoms with Gasteiger partial charge in [-0.3, -0.25) is 4.79 Å². The van der Waals surface area contributed by atoms with Crippen molar-refractivity contribution in [3.63, 3.8) is 0 Å². The number of thioether (sulfide) groups is 1. The van der Waals surface area contributed by atoms with Crippen LogP contribution in [0.15, 0.2) is 59.9 Å². The smallest absolute Gasteiger partial charge is 0.246 e. The molecule has 134 valence electrons. The molecule has 1 aliphatic rings. The van der Waals surface area contributed by atoms with Crippen LogP contribution in [-0.4, -0.2) is 36.2 Å². The number of para-hydroxylation sites is 2. The average Bonchev–Trinajstić information content (AvgIpc) is 3.37. The van der Waals surface area contributed by atoms with Gasteiger partial charge in [0, 0.05) is 24.1 Å². The fourth-order valence-corrected chi connectivity index (χ4v) is 4.16. The van der Waals surface area contributed by atoms with E-state index in [9.17, 15) is 4.79 Å². The molecule has 0 saturated heterocycles. The zero-order valence-electron chi connectivity index (χ0n) is 14.4. The number of imidazole rings is 1. The van der Waals surface area contributed by atoms with E-state index in [2.05, 4.69) is 20.2 Å². The van der Waals surface area contributed by atoms with Crippen LogP contribution in [0.1, 0.15) is 0 Å². The van der Waals surface area contributed by atoms with Gasteiger partial charge in [-0.25, -0.2) is 9.67 Å². The SMILES string of the molecule is O=C(Cn1nnc2ccccc21)Nc1ccccc1-c1cn2c(n1)SCC2. The molecule has 5 rings (SSSR count). The first kappa shape index (κ1) is 16.1. The molecule has 3 heterocycles. The lowest BCUT2D eigenvalue weighted by Crippen LogP contribution is -2.20. The molecule has 7 nitrogen and oxygen atoms in total. The van der Waals surface area contributed by atoms with Gasteiger partial charge in [0.1, 0.15) is 12.1 Å². The number of nitrogens with zero attached hydrogens (tertiary/aromatic N) is 5. The molecule has 1 aliphatic heterocycles. The quantitative estimate of drug-likeness (QED) is 0.592. The molecular formula is C19H16N6OS. The number of fused-ring (bicyclic) bond motifs is 2. The summed E-state index contributed by atoms with van der Waals surface area (Å²) in [6, 6.07) is 15.3. The lowest BCUT2D eigenvalue weighted by Gasteiger charge is -2.10. The predicted octanol–water partition coefficient (Wildman–Crippen LogP) is 3.04. The van der Waals surface area contributed by atoms with Gasteiger partial charge in [-0.1, -0.05) is 47.3 Å². The van der Waals surface area contributed by atoms with Crippen molar-refractivity contribution in [2.24, 2.45) is 0 Å². The molecule has 0 saturated carbocycles. The van der Waals surface area contributed by atoms with Crippen molar-refractivity contribution in [2.45, 2.75) is 18.2 Å². The third kappa shape index (κ3) is 2.97. The molecule has 0 radical (unpaired) electrons. The van der Waals surface area contributed by atoms with E-state index in [1.54, 1.807) is 16.4 Å². The minimum absolute atomic E-state index is 0.102. The van der Waals surface area contributed by atoms with Gasteiger partial charge < -0.3 is 9.88 Å². The van der Waals surface area contributed by atoms with E-state index in [1.165, 1.54) is 0 Å².